The van der Waals surface area contributed by atoms with Gasteiger partial charge < -0.3 is 47.5 Å². The number of benzene rings is 4. The van der Waals surface area contributed by atoms with Gasteiger partial charge in [-0.05, 0) is 57.7 Å². The number of nitrogens with zero attached hydrogens (tertiary/aromatic N) is 10. The Hall–Kier alpha value is -9.04. The van der Waals surface area contributed by atoms with Crippen LogP contribution in [0.2, 0.25) is 0 Å². The van der Waals surface area contributed by atoms with Gasteiger partial charge in [-0.3, -0.25) is 24.7 Å². The zero-order valence-electron chi connectivity index (χ0n) is 48.0. The Bertz CT molecular complexity index is 3880. The summed E-state index contributed by atoms with van der Waals surface area (Å²) in [6.45, 7) is 2.22. The van der Waals surface area contributed by atoms with Gasteiger partial charge in [0.25, 0.3) is 11.5 Å². The number of rotatable bonds is 24. The zero-order valence-corrected chi connectivity index (χ0v) is 49.8. The number of halogens is 1. The van der Waals surface area contributed by atoms with E-state index in [0.29, 0.717) is 33.8 Å². The molecule has 0 spiro atoms. The lowest BCUT2D eigenvalue weighted by Gasteiger charge is -2.37. The third-order valence-electron chi connectivity index (χ3n) is 14.0. The summed E-state index contributed by atoms with van der Waals surface area (Å²) in [7, 11) is -3.06. The molecule has 2 amide bonds. The van der Waals surface area contributed by atoms with Crippen molar-refractivity contribution < 1.29 is 70.2 Å². The topological polar surface area (TPSA) is 352 Å². The summed E-state index contributed by atoms with van der Waals surface area (Å²) in [6, 6.07) is 40.1. The molecule has 0 aliphatic carbocycles. The molecular weight excluding hydrogens is 1200 g/mol. The number of nitrogens with one attached hydrogen (secondary N) is 4. The molecule has 4 N–H and O–H groups in total. The molecule has 28 nitrogen and oxygen atoms in total. The number of amides is 2. The van der Waals surface area contributed by atoms with Gasteiger partial charge in [-0.1, -0.05) is 103 Å². The van der Waals surface area contributed by atoms with Gasteiger partial charge in [-0.15, -0.1) is 14.7 Å². The molecule has 89 heavy (non-hydrogen) atoms. The normalized spacial score (nSPS) is 19.5. The molecule has 2 aliphatic heterocycles. The number of nitriles is 1. The monoisotopic (exact) mass is 1260 g/mol. The van der Waals surface area contributed by atoms with E-state index in [4.69, 9.17) is 41.8 Å². The summed E-state index contributed by atoms with van der Waals surface area (Å²) in [6.07, 6.45) is -5.85. The summed E-state index contributed by atoms with van der Waals surface area (Å²) in [4.78, 5) is 69.3. The van der Waals surface area contributed by atoms with E-state index in [-0.39, 0.29) is 53.5 Å². The maximum Gasteiger partial charge on any atom is 0.488 e. The average molecular weight is 1260 g/mol. The summed E-state index contributed by atoms with van der Waals surface area (Å²) in [5, 5.41) is 31.3. The smallest absolute Gasteiger partial charge is 0.488 e. The maximum atomic E-state index is 18.0. The number of H-pyrrole nitrogens is 2. The number of alkyl halides is 1. The quantitative estimate of drug-likeness (QED) is 0.0325. The van der Waals surface area contributed by atoms with Crippen LogP contribution in [-0.4, -0.2) is 126 Å². The fraction of sp³-hybridized carbons (Fsp3) is 0.310. The van der Waals surface area contributed by atoms with Crippen molar-refractivity contribution in [2.24, 2.45) is 5.92 Å². The van der Waals surface area contributed by atoms with Crippen LogP contribution in [0.25, 0.3) is 22.3 Å². The number of ether oxygens (including phenoxy) is 5. The highest BCUT2D eigenvalue weighted by Crippen LogP contribution is 2.50. The Morgan fingerprint density at radius 1 is 0.831 bits per heavy atom. The van der Waals surface area contributed by atoms with Crippen molar-refractivity contribution in [3.05, 3.63) is 179 Å². The Kier molecular flexibility index (Phi) is 20.7. The summed E-state index contributed by atoms with van der Waals surface area (Å²) < 4.78 is 87.5. The fourth-order valence-corrected chi connectivity index (χ4v) is 11.2. The highest BCUT2D eigenvalue weighted by atomic mass is 31.2. The van der Waals surface area contributed by atoms with E-state index < -0.39 is 102 Å². The third-order valence-corrected chi connectivity index (χ3v) is 15.6. The molecular formula is C58H58FN14O14P2+. The lowest BCUT2D eigenvalue weighted by molar-refractivity contribution is -0.378. The third kappa shape index (κ3) is 14.6. The Morgan fingerprint density at radius 2 is 1.46 bits per heavy atom. The Morgan fingerprint density at radius 3 is 2.07 bits per heavy atom. The summed E-state index contributed by atoms with van der Waals surface area (Å²) in [5.41, 5.74) is -0.337. The largest absolute Gasteiger partial charge is 0.566 e. The van der Waals surface area contributed by atoms with Gasteiger partial charge in [0, 0.05) is 30.0 Å². The summed E-state index contributed by atoms with van der Waals surface area (Å²) >= 11 is 0. The fourth-order valence-electron chi connectivity index (χ4n) is 9.65. The predicted octanol–water partition coefficient (Wildman–Crippen LogP) is 6.61. The van der Waals surface area contributed by atoms with Crippen LogP contribution in [0.5, 0.6) is 11.5 Å². The molecule has 5 aromatic heterocycles. The van der Waals surface area contributed by atoms with Gasteiger partial charge in [0.15, 0.2) is 65.3 Å². The number of aromatic nitrogens is 11. The van der Waals surface area contributed by atoms with E-state index in [1.807, 2.05) is 91.3 Å². The number of fused-ring (bicyclic) bond motifs is 2. The SMILES string of the molecule is COc1ccc(C(OC[C@H]2O[C@@H](n3nnc4c(NC(=O)c5ccccc5)ncnc43)[C@@H](F)[C@@H]2OP(OCCC#N)OC[C@@H]2C[C@H](O[P+](=O)[O-])[C@H](n3nnc4c(=O)[nH]c(NC(=O)C(C)C)nc43)O2)(c2ccccc2)c2ccc(OC)cc2)cc1.c1cc[nH+]cc1. The summed E-state index contributed by atoms with van der Waals surface area (Å²) in [5.74, 6) is -0.534. The van der Waals surface area contributed by atoms with Crippen LogP contribution in [0.4, 0.5) is 16.2 Å². The molecule has 0 saturated carbocycles. The van der Waals surface area contributed by atoms with E-state index in [1.54, 1.807) is 82.7 Å². The molecule has 9 atom stereocenters. The van der Waals surface area contributed by atoms with E-state index in [9.17, 15) is 29.1 Å². The van der Waals surface area contributed by atoms with Crippen molar-refractivity contribution in [3.63, 3.8) is 0 Å². The molecule has 7 heterocycles. The second kappa shape index (κ2) is 29.3. The molecule has 31 heteroatoms. The van der Waals surface area contributed by atoms with Gasteiger partial charge in [-0.25, -0.2) is 19.3 Å². The first-order chi connectivity index (χ1) is 43.3. The van der Waals surface area contributed by atoms with Gasteiger partial charge in [0.1, 0.15) is 35.6 Å². The van der Waals surface area contributed by atoms with Crippen molar-refractivity contribution in [1.82, 2.24) is 49.9 Å². The highest BCUT2D eigenvalue weighted by molar-refractivity contribution is 7.41. The second-order valence-electron chi connectivity index (χ2n) is 20.0. The molecule has 460 valence electrons. The van der Waals surface area contributed by atoms with E-state index in [0.717, 1.165) is 15.7 Å². The predicted molar refractivity (Wildman–Crippen MR) is 312 cm³/mol. The van der Waals surface area contributed by atoms with Crippen LogP contribution in [0.3, 0.4) is 0 Å². The first-order valence-electron chi connectivity index (χ1n) is 27.6. The van der Waals surface area contributed by atoms with Crippen molar-refractivity contribution in [1.29, 1.82) is 5.26 Å². The zero-order chi connectivity index (χ0) is 62.4. The van der Waals surface area contributed by atoms with E-state index >= 15 is 4.39 Å². The van der Waals surface area contributed by atoms with E-state index in [1.165, 1.54) is 0 Å². The number of methoxy groups -OCH3 is 2. The molecule has 2 aliphatic rings. The van der Waals surface area contributed by atoms with E-state index in [2.05, 4.69) is 56.2 Å². The van der Waals surface area contributed by atoms with Crippen LogP contribution < -0.4 is 35.5 Å². The maximum absolute atomic E-state index is 18.0. The average Bonchev–Trinajstić information content (AvgIpc) is 2.16. The standard InChI is InChI=1S/C53H52FN13O14P2.C5H5N/c1-30(2)47(68)60-52-59-46-42(49(70)61-52)63-65-67(46)50-38(80-82(71)72)26-37(78-50)27-77-83(76-25-11-24-55)81-43-39(79-51(40(43)54)66-45-41(62-64-66)44(56-29-57-45)58-48(69)31-12-7-5-8-13-31)28-75-53(32-14-9-6-10-15-32,33-16-20-35(73-3)21-17-33)34-18-22-36(74-4)23-19-34;1-2-4-6-5-3-1/h5-10,12-23,29-30,37-40,43,50-51H,11,25-28H2,1-4H3,(H,56,57,58,69)(H2,59,60,61,68,70);1-5H/p+1/t37-,38-,39+,40-,43+,50+,51+,83?;/m0./s1. The minimum atomic E-state index is -3.49. The van der Waals surface area contributed by atoms with Crippen LogP contribution in [-0.2, 0) is 47.3 Å². The van der Waals surface area contributed by atoms with Crippen molar-refractivity contribution >= 4 is 62.8 Å². The lowest BCUT2D eigenvalue weighted by atomic mass is 9.80. The van der Waals surface area contributed by atoms with Gasteiger partial charge in [0.2, 0.25) is 11.9 Å². The molecule has 0 bridgehead atoms. The number of anilines is 2. The van der Waals surface area contributed by atoms with Gasteiger partial charge in [0.05, 0.1) is 52.6 Å². The molecule has 2 fully saturated rings. The highest BCUT2D eigenvalue weighted by Gasteiger charge is 2.52. The second-order valence-corrected chi connectivity index (χ2v) is 21.8. The number of carbonyl (C=O) groups is 2. The number of hydrogen-bond acceptors (Lipinski definition) is 22. The van der Waals surface area contributed by atoms with Crippen LogP contribution in [0.15, 0.2) is 151 Å². The number of hydrogen-bond donors (Lipinski definition) is 3. The van der Waals surface area contributed by atoms with Gasteiger partial charge in [-0.2, -0.15) is 19.6 Å². The van der Waals surface area contributed by atoms with Crippen LogP contribution in [0.1, 0.15) is 66.2 Å². The van der Waals surface area contributed by atoms with Crippen LogP contribution >= 0.6 is 16.9 Å². The molecule has 2 unspecified atom stereocenters. The van der Waals surface area contributed by atoms with Gasteiger partial charge >= 0.3 is 16.9 Å². The number of pyridine rings is 1. The van der Waals surface area contributed by atoms with Crippen molar-refractivity contribution in [2.45, 2.75) is 75.3 Å². The molecule has 0 radical (unpaired) electrons. The number of aromatic amines is 2. The minimum absolute atomic E-state index is 0.00996. The first-order valence-corrected chi connectivity index (χ1v) is 29.8. The number of carbonyl (C=O) groups excluding carboxylic acids is 2. The van der Waals surface area contributed by atoms with Crippen molar-refractivity contribution in [3.8, 4) is 17.6 Å². The molecule has 2 saturated heterocycles. The molecule has 9 aromatic rings. The Labute approximate surface area is 508 Å². The van der Waals surface area contributed by atoms with Crippen molar-refractivity contribution in [2.75, 3.05) is 44.7 Å². The van der Waals surface area contributed by atoms with Crippen LogP contribution in [0, 0.1) is 17.2 Å². The minimum Gasteiger partial charge on any atom is -0.566 e. The Balaban J connectivity index is 0.00000137. The first kappa shape index (κ1) is 63.0. The molecule has 4 aromatic carbocycles. The molecule has 11 rings (SSSR count). The lowest BCUT2D eigenvalue weighted by Crippen LogP contribution is -2.39.